The van der Waals surface area contributed by atoms with Crippen LogP contribution in [0.2, 0.25) is 10.0 Å². The molecular formula is C31H24Cl2N2O5S. The summed E-state index contributed by atoms with van der Waals surface area (Å²) in [4.78, 5) is 44.9. The molecule has 1 unspecified atom stereocenters. The average molecular weight is 608 g/mol. The van der Waals surface area contributed by atoms with E-state index < -0.39 is 17.7 Å². The van der Waals surface area contributed by atoms with Gasteiger partial charge >= 0.3 is 5.91 Å². The summed E-state index contributed by atoms with van der Waals surface area (Å²) < 4.78 is 5.88. The van der Waals surface area contributed by atoms with Gasteiger partial charge in [0, 0.05) is 12.5 Å². The van der Waals surface area contributed by atoms with Crippen LogP contribution < -0.4 is 9.64 Å². The molecule has 41 heavy (non-hydrogen) atoms. The Kier molecular flexibility index (Phi) is 8.00. The molecular weight excluding hydrogens is 583 g/mol. The average Bonchev–Trinajstić information content (AvgIpc) is 3.45. The number of rotatable bonds is 7. The Morgan fingerprint density at radius 3 is 2.39 bits per heavy atom. The molecule has 1 fully saturated rings. The molecule has 0 spiro atoms. The van der Waals surface area contributed by atoms with E-state index in [4.69, 9.17) is 27.9 Å². The Morgan fingerprint density at radius 2 is 1.76 bits per heavy atom. The van der Waals surface area contributed by atoms with Gasteiger partial charge in [-0.25, -0.2) is 4.98 Å². The topological polar surface area (TPSA) is 96.8 Å². The van der Waals surface area contributed by atoms with Crippen LogP contribution >= 0.6 is 34.5 Å². The minimum absolute atomic E-state index is 0.140. The molecule has 0 bridgehead atoms. The molecule has 5 rings (SSSR count). The molecule has 0 aliphatic carbocycles. The number of aliphatic hydroxyl groups is 1. The predicted molar refractivity (Wildman–Crippen MR) is 160 cm³/mol. The number of ether oxygens (including phenoxy) is 1. The van der Waals surface area contributed by atoms with Gasteiger partial charge in [-0.3, -0.25) is 19.3 Å². The fourth-order valence-electron chi connectivity index (χ4n) is 4.67. The van der Waals surface area contributed by atoms with Gasteiger partial charge in [-0.2, -0.15) is 0 Å². The molecule has 1 aliphatic rings. The van der Waals surface area contributed by atoms with Crippen LogP contribution in [0.25, 0.3) is 5.76 Å². The second-order valence-corrected chi connectivity index (χ2v) is 11.4. The predicted octanol–water partition coefficient (Wildman–Crippen LogP) is 7.47. The van der Waals surface area contributed by atoms with Gasteiger partial charge in [0.1, 0.15) is 18.1 Å². The molecule has 1 aromatic heterocycles. The Balaban J connectivity index is 1.55. The largest absolute Gasteiger partial charge is 0.507 e. The summed E-state index contributed by atoms with van der Waals surface area (Å²) >= 11 is 13.4. The molecule has 208 valence electrons. The number of thiazole rings is 1. The first-order chi connectivity index (χ1) is 19.5. The molecule has 1 atom stereocenters. The van der Waals surface area contributed by atoms with Crippen molar-refractivity contribution in [3.63, 3.8) is 0 Å². The molecule has 1 N–H and O–H groups in total. The molecule has 1 amide bonds. The van der Waals surface area contributed by atoms with Crippen LogP contribution in [0.5, 0.6) is 5.75 Å². The summed E-state index contributed by atoms with van der Waals surface area (Å²) in [6, 6.07) is 18.2. The summed E-state index contributed by atoms with van der Waals surface area (Å²) in [5, 5.41) is 12.1. The number of Topliss-reactive ketones (excluding diaryl/α,β-unsaturated/α-hetero) is 2. The summed E-state index contributed by atoms with van der Waals surface area (Å²) in [7, 11) is 0. The quantitative estimate of drug-likeness (QED) is 0.101. The minimum Gasteiger partial charge on any atom is -0.507 e. The van der Waals surface area contributed by atoms with Crippen molar-refractivity contribution in [2.45, 2.75) is 33.4 Å². The lowest BCUT2D eigenvalue weighted by molar-refractivity contribution is -0.132. The lowest BCUT2D eigenvalue weighted by Crippen LogP contribution is -2.29. The molecule has 10 heteroatoms. The highest BCUT2D eigenvalue weighted by Gasteiger charge is 2.48. The van der Waals surface area contributed by atoms with E-state index in [2.05, 4.69) is 4.98 Å². The molecule has 3 aromatic carbocycles. The molecule has 0 saturated carbocycles. The maximum Gasteiger partial charge on any atom is 0.301 e. The number of anilines is 1. The van der Waals surface area contributed by atoms with Crippen LogP contribution in [-0.4, -0.2) is 27.6 Å². The number of benzene rings is 3. The van der Waals surface area contributed by atoms with Gasteiger partial charge in [-0.1, -0.05) is 70.4 Å². The van der Waals surface area contributed by atoms with E-state index in [9.17, 15) is 19.5 Å². The smallest absolute Gasteiger partial charge is 0.301 e. The minimum atomic E-state index is -1.06. The highest BCUT2D eigenvalue weighted by Crippen LogP contribution is 2.45. The summed E-state index contributed by atoms with van der Waals surface area (Å²) in [6.07, 6.45) is 0. The number of amides is 1. The van der Waals surface area contributed by atoms with Gasteiger partial charge in [-0.15, -0.1) is 0 Å². The fourth-order valence-corrected chi connectivity index (χ4v) is 5.97. The van der Waals surface area contributed by atoms with Gasteiger partial charge in [0.25, 0.3) is 5.78 Å². The highest BCUT2D eigenvalue weighted by atomic mass is 35.5. The second-order valence-electron chi connectivity index (χ2n) is 9.61. The maximum absolute atomic E-state index is 13.4. The van der Waals surface area contributed by atoms with E-state index in [1.54, 1.807) is 43.3 Å². The second kappa shape index (κ2) is 11.5. The molecule has 4 aromatic rings. The fraction of sp³-hybridized carbons (Fsp3) is 0.161. The van der Waals surface area contributed by atoms with Crippen LogP contribution in [-0.2, 0) is 16.2 Å². The van der Waals surface area contributed by atoms with E-state index in [0.29, 0.717) is 34.1 Å². The van der Waals surface area contributed by atoms with Crippen molar-refractivity contribution in [1.29, 1.82) is 0 Å². The number of hydrogen-bond donors (Lipinski definition) is 1. The number of halogens is 2. The number of nitrogens with zero attached hydrogens (tertiary/aromatic N) is 2. The molecule has 0 radical (unpaired) electrons. The van der Waals surface area contributed by atoms with E-state index >= 15 is 0 Å². The maximum atomic E-state index is 13.4. The normalized spacial score (nSPS) is 16.3. The van der Waals surface area contributed by atoms with Crippen LogP contribution in [0.15, 0.2) is 72.3 Å². The zero-order chi connectivity index (χ0) is 29.4. The van der Waals surface area contributed by atoms with Gasteiger partial charge in [0.15, 0.2) is 10.9 Å². The number of aromatic nitrogens is 1. The van der Waals surface area contributed by atoms with Crippen LogP contribution in [0.4, 0.5) is 5.13 Å². The zero-order valence-corrected chi connectivity index (χ0v) is 24.6. The number of ketones is 2. The van der Waals surface area contributed by atoms with Gasteiger partial charge < -0.3 is 9.84 Å². The van der Waals surface area contributed by atoms with Crippen molar-refractivity contribution in [2.75, 3.05) is 4.90 Å². The van der Waals surface area contributed by atoms with Crippen molar-refractivity contribution >= 4 is 62.9 Å². The Hall–Kier alpha value is -3.98. The molecule has 2 heterocycles. The lowest BCUT2D eigenvalue weighted by Gasteiger charge is -2.23. The molecule has 1 aliphatic heterocycles. The monoisotopic (exact) mass is 606 g/mol. The van der Waals surface area contributed by atoms with Crippen LogP contribution in [0.3, 0.4) is 0 Å². The van der Waals surface area contributed by atoms with E-state index in [0.717, 1.165) is 22.5 Å². The number of carbonyl (C=O) groups excluding carboxylic acids is 3. The van der Waals surface area contributed by atoms with E-state index in [1.807, 2.05) is 31.2 Å². The van der Waals surface area contributed by atoms with Gasteiger partial charge in [0.2, 0.25) is 0 Å². The van der Waals surface area contributed by atoms with E-state index in [-0.39, 0.29) is 32.3 Å². The summed E-state index contributed by atoms with van der Waals surface area (Å²) in [5.41, 5.74) is 3.20. The third-order valence-electron chi connectivity index (χ3n) is 6.63. The third-order valence-corrected chi connectivity index (χ3v) is 8.63. The van der Waals surface area contributed by atoms with Gasteiger partial charge in [-0.05, 0) is 61.4 Å². The van der Waals surface area contributed by atoms with Crippen molar-refractivity contribution in [3.05, 3.63) is 115 Å². The SMILES string of the molecule is CC(=O)c1sc(N2C(=O)C(=O)C(=C(O)c3ccc(OCc4cccc(C)c4)cc3)C2c2ccc(Cl)c(Cl)c2)nc1C. The lowest BCUT2D eigenvalue weighted by atomic mass is 9.95. The Labute approximate surface area is 250 Å². The van der Waals surface area contributed by atoms with Crippen molar-refractivity contribution in [1.82, 2.24) is 4.98 Å². The first-order valence-corrected chi connectivity index (χ1v) is 14.2. The van der Waals surface area contributed by atoms with Crippen LogP contribution in [0, 0.1) is 13.8 Å². The van der Waals surface area contributed by atoms with Crippen molar-refractivity contribution in [2.24, 2.45) is 0 Å². The Morgan fingerprint density at radius 1 is 1.02 bits per heavy atom. The van der Waals surface area contributed by atoms with E-state index in [1.165, 1.54) is 17.9 Å². The summed E-state index contributed by atoms with van der Waals surface area (Å²) in [5.74, 6) is -1.79. The first kappa shape index (κ1) is 28.5. The number of hydrogen-bond acceptors (Lipinski definition) is 7. The standard InChI is InChI=1S/C31H24Cl2N2O5S/c1-16-5-4-6-19(13-16)15-40-22-10-7-20(8-11-22)27(37)25-26(21-9-12-23(32)24(33)14-21)35(30(39)28(25)38)31-34-17(2)29(41-31)18(3)36/h4-14,26,37H,15H2,1-3H3. The van der Waals surface area contributed by atoms with Crippen molar-refractivity contribution in [3.8, 4) is 5.75 Å². The number of aryl methyl sites for hydroxylation is 2. The number of carbonyl (C=O) groups is 3. The van der Waals surface area contributed by atoms with Crippen LogP contribution in [0.1, 0.15) is 50.6 Å². The molecule has 1 saturated heterocycles. The first-order valence-electron chi connectivity index (χ1n) is 12.6. The Bertz CT molecular complexity index is 1730. The number of aliphatic hydroxyl groups excluding tert-OH is 1. The zero-order valence-electron chi connectivity index (χ0n) is 22.3. The third kappa shape index (κ3) is 5.63. The molecule has 7 nitrogen and oxygen atoms in total. The van der Waals surface area contributed by atoms with Gasteiger partial charge in [0.05, 0.1) is 32.2 Å². The highest BCUT2D eigenvalue weighted by molar-refractivity contribution is 7.18. The van der Waals surface area contributed by atoms with Crippen molar-refractivity contribution < 1.29 is 24.2 Å². The summed E-state index contributed by atoms with van der Waals surface area (Å²) in [6.45, 7) is 5.44.